The molecule has 1 unspecified atom stereocenters. The number of rotatable bonds is 5. The molecule has 0 fully saturated rings. The Kier molecular flexibility index (Phi) is 4.88. The molecule has 0 saturated carbocycles. The second-order valence-electron chi connectivity index (χ2n) is 4.58. The van der Waals surface area contributed by atoms with Crippen LogP contribution in [0.2, 0.25) is 5.02 Å². The van der Waals surface area contributed by atoms with Gasteiger partial charge in [0.25, 0.3) is 0 Å². The third kappa shape index (κ3) is 3.44. The molecule has 2 aromatic carbocycles. The van der Waals surface area contributed by atoms with Crippen molar-refractivity contribution in [3.05, 3.63) is 58.6 Å². The van der Waals surface area contributed by atoms with Crippen molar-refractivity contribution >= 4 is 11.6 Å². The summed E-state index contributed by atoms with van der Waals surface area (Å²) in [6, 6.07) is 13.1. The minimum absolute atomic E-state index is 0.166. The summed E-state index contributed by atoms with van der Waals surface area (Å²) >= 11 is 5.96. The molecule has 20 heavy (non-hydrogen) atoms. The smallest absolute Gasteiger partial charge is 0.128 e. The Labute approximate surface area is 124 Å². The van der Waals surface area contributed by atoms with E-state index in [1.165, 1.54) is 0 Å². The fourth-order valence-corrected chi connectivity index (χ4v) is 2.28. The molecule has 0 aliphatic rings. The normalized spacial score (nSPS) is 12.0. The van der Waals surface area contributed by atoms with Crippen LogP contribution in [0.1, 0.15) is 24.1 Å². The summed E-state index contributed by atoms with van der Waals surface area (Å²) < 4.78 is 11.2. The lowest BCUT2D eigenvalue weighted by Gasteiger charge is -2.17. The predicted molar refractivity (Wildman–Crippen MR) is 81.4 cm³/mol. The molecule has 0 saturated heterocycles. The zero-order valence-corrected chi connectivity index (χ0v) is 12.4. The van der Waals surface area contributed by atoms with Gasteiger partial charge in [0.05, 0.1) is 12.7 Å². The Balaban J connectivity index is 2.21. The summed E-state index contributed by atoms with van der Waals surface area (Å²) in [6.45, 7) is 2.34. The first-order chi connectivity index (χ1) is 9.61. The summed E-state index contributed by atoms with van der Waals surface area (Å²) in [5.74, 6) is 1.47. The number of ether oxygens (including phenoxy) is 2. The average molecular weight is 292 g/mol. The van der Waals surface area contributed by atoms with Crippen LogP contribution < -0.4 is 15.2 Å². The van der Waals surface area contributed by atoms with E-state index < -0.39 is 0 Å². The molecule has 2 rings (SSSR count). The van der Waals surface area contributed by atoms with Gasteiger partial charge in [0.15, 0.2) is 0 Å². The number of nitrogens with two attached hydrogens (primary N) is 1. The molecule has 0 aliphatic heterocycles. The number of halogens is 1. The highest BCUT2D eigenvalue weighted by molar-refractivity contribution is 6.30. The van der Waals surface area contributed by atoms with Gasteiger partial charge in [-0.15, -0.1) is 0 Å². The third-order valence-electron chi connectivity index (χ3n) is 2.98. The van der Waals surface area contributed by atoms with Crippen molar-refractivity contribution in [1.29, 1.82) is 0 Å². The number of methoxy groups -OCH3 is 1. The number of hydrogen-bond donors (Lipinski definition) is 1. The monoisotopic (exact) mass is 291 g/mol. The van der Waals surface area contributed by atoms with Crippen molar-refractivity contribution in [2.75, 3.05) is 7.11 Å². The molecule has 4 heteroatoms. The zero-order chi connectivity index (χ0) is 14.5. The fraction of sp³-hybridized carbons (Fsp3) is 0.250. The summed E-state index contributed by atoms with van der Waals surface area (Å²) in [5, 5.41) is 0.698. The summed E-state index contributed by atoms with van der Waals surface area (Å²) in [4.78, 5) is 0. The van der Waals surface area contributed by atoms with E-state index in [1.807, 2.05) is 49.4 Å². The second kappa shape index (κ2) is 6.64. The molecule has 2 N–H and O–H groups in total. The first-order valence-corrected chi connectivity index (χ1v) is 6.79. The molecule has 0 bridgehead atoms. The summed E-state index contributed by atoms with van der Waals surface area (Å²) in [5.41, 5.74) is 7.89. The lowest BCUT2D eigenvalue weighted by Crippen LogP contribution is -2.10. The van der Waals surface area contributed by atoms with Crippen molar-refractivity contribution in [2.45, 2.75) is 19.6 Å². The van der Waals surface area contributed by atoms with Crippen molar-refractivity contribution in [2.24, 2.45) is 5.73 Å². The lowest BCUT2D eigenvalue weighted by atomic mass is 10.1. The molecule has 2 aromatic rings. The number of benzene rings is 2. The maximum Gasteiger partial charge on any atom is 0.128 e. The Bertz CT molecular complexity index is 584. The molecule has 0 radical (unpaired) electrons. The van der Waals surface area contributed by atoms with Gasteiger partial charge in [-0.25, -0.2) is 0 Å². The van der Waals surface area contributed by atoms with Crippen molar-refractivity contribution in [3.8, 4) is 11.5 Å². The molecule has 106 valence electrons. The van der Waals surface area contributed by atoms with Crippen LogP contribution in [0.4, 0.5) is 0 Å². The molecule has 3 nitrogen and oxygen atoms in total. The van der Waals surface area contributed by atoms with E-state index in [-0.39, 0.29) is 6.04 Å². The highest BCUT2D eigenvalue weighted by Crippen LogP contribution is 2.33. The largest absolute Gasteiger partial charge is 0.496 e. The minimum atomic E-state index is -0.166. The van der Waals surface area contributed by atoms with Gasteiger partial charge in [0.2, 0.25) is 0 Å². The van der Waals surface area contributed by atoms with Crippen molar-refractivity contribution < 1.29 is 9.47 Å². The minimum Gasteiger partial charge on any atom is -0.496 e. The Hall–Kier alpha value is -1.71. The molecular weight excluding hydrogens is 274 g/mol. The van der Waals surface area contributed by atoms with Gasteiger partial charge < -0.3 is 15.2 Å². The highest BCUT2D eigenvalue weighted by atomic mass is 35.5. The molecule has 1 atom stereocenters. The van der Waals surface area contributed by atoms with Crippen molar-refractivity contribution in [1.82, 2.24) is 0 Å². The van der Waals surface area contributed by atoms with Crippen LogP contribution in [0.5, 0.6) is 11.5 Å². The van der Waals surface area contributed by atoms with E-state index in [4.69, 9.17) is 26.8 Å². The van der Waals surface area contributed by atoms with Crippen LogP contribution >= 0.6 is 11.6 Å². The van der Waals surface area contributed by atoms with E-state index >= 15 is 0 Å². The Morgan fingerprint density at radius 2 is 1.85 bits per heavy atom. The maximum atomic E-state index is 6.00. The average Bonchev–Trinajstić information content (AvgIpc) is 2.44. The van der Waals surface area contributed by atoms with Crippen LogP contribution in [-0.2, 0) is 6.61 Å². The SMILES string of the molecule is COc1cccc(OCc2cccc(Cl)c2)c1C(C)N. The standard InChI is InChI=1S/C16H18ClNO2/c1-11(18)16-14(19-2)7-4-8-15(16)20-10-12-5-3-6-13(17)9-12/h3-9,11H,10,18H2,1-2H3. The lowest BCUT2D eigenvalue weighted by molar-refractivity contribution is 0.297. The summed E-state index contributed by atoms with van der Waals surface area (Å²) in [7, 11) is 1.63. The van der Waals surface area contributed by atoms with Crippen LogP contribution in [0, 0.1) is 0 Å². The fourth-order valence-electron chi connectivity index (χ4n) is 2.06. The summed E-state index contributed by atoms with van der Waals surface area (Å²) in [6.07, 6.45) is 0. The van der Waals surface area contributed by atoms with Gasteiger partial charge in [-0.2, -0.15) is 0 Å². The first-order valence-electron chi connectivity index (χ1n) is 6.41. The third-order valence-corrected chi connectivity index (χ3v) is 3.22. The van der Waals surface area contributed by atoms with Gasteiger partial charge >= 0.3 is 0 Å². The molecule has 0 aromatic heterocycles. The van der Waals surface area contributed by atoms with Crippen LogP contribution in [-0.4, -0.2) is 7.11 Å². The predicted octanol–water partition coefficient (Wildman–Crippen LogP) is 3.95. The highest BCUT2D eigenvalue weighted by Gasteiger charge is 2.14. The quantitative estimate of drug-likeness (QED) is 0.907. The van der Waals surface area contributed by atoms with Gasteiger partial charge in [0, 0.05) is 11.1 Å². The van der Waals surface area contributed by atoms with Gasteiger partial charge in [-0.3, -0.25) is 0 Å². The van der Waals surface area contributed by atoms with Crippen molar-refractivity contribution in [3.63, 3.8) is 0 Å². The van der Waals surface area contributed by atoms with Gasteiger partial charge in [0.1, 0.15) is 18.1 Å². The molecular formula is C16H18ClNO2. The molecule has 0 aliphatic carbocycles. The van der Waals surface area contributed by atoms with Gasteiger partial charge in [-0.1, -0.05) is 29.8 Å². The topological polar surface area (TPSA) is 44.5 Å². The van der Waals surface area contributed by atoms with E-state index in [1.54, 1.807) is 7.11 Å². The van der Waals surface area contributed by atoms with Crippen LogP contribution in [0.15, 0.2) is 42.5 Å². The number of hydrogen-bond acceptors (Lipinski definition) is 3. The maximum absolute atomic E-state index is 6.00. The van der Waals surface area contributed by atoms with Gasteiger partial charge in [-0.05, 0) is 36.8 Å². The first kappa shape index (κ1) is 14.7. The molecule has 0 heterocycles. The van der Waals surface area contributed by atoms with E-state index in [9.17, 15) is 0 Å². The van der Waals surface area contributed by atoms with Crippen LogP contribution in [0.3, 0.4) is 0 Å². The Morgan fingerprint density at radius 1 is 1.15 bits per heavy atom. The zero-order valence-electron chi connectivity index (χ0n) is 11.6. The molecule has 0 spiro atoms. The van der Waals surface area contributed by atoms with E-state index in [0.29, 0.717) is 11.6 Å². The Morgan fingerprint density at radius 3 is 2.50 bits per heavy atom. The van der Waals surface area contributed by atoms with E-state index in [2.05, 4.69) is 0 Å². The molecule has 0 amide bonds. The van der Waals surface area contributed by atoms with Crippen LogP contribution in [0.25, 0.3) is 0 Å². The second-order valence-corrected chi connectivity index (χ2v) is 5.02. The van der Waals surface area contributed by atoms with E-state index in [0.717, 1.165) is 22.6 Å².